The van der Waals surface area contributed by atoms with Crippen molar-refractivity contribution in [2.24, 2.45) is 0 Å². The number of nitrogens with zero attached hydrogens (tertiary/aromatic N) is 1. The molecule has 0 aliphatic carbocycles. The maximum Gasteiger partial charge on any atom is 0.111 e. The Morgan fingerprint density at radius 3 is 1.15 bits per heavy atom. The van der Waals surface area contributed by atoms with Crippen molar-refractivity contribution in [1.82, 2.24) is 0 Å². The first kappa shape index (κ1) is 19.9. The summed E-state index contributed by atoms with van der Waals surface area (Å²) in [6.45, 7) is 23.6. The van der Waals surface area contributed by atoms with Gasteiger partial charge >= 0.3 is 0 Å². The third kappa shape index (κ3) is 2.66. The highest BCUT2D eigenvalue weighted by Crippen LogP contribution is 2.50. The van der Waals surface area contributed by atoms with Gasteiger partial charge in [0, 0.05) is 0 Å². The molecule has 2 nitrogen and oxygen atoms in total. The summed E-state index contributed by atoms with van der Waals surface area (Å²) in [5, 5.41) is 10.0. The molecular formula is C18H40NO+. The van der Waals surface area contributed by atoms with E-state index in [1.807, 2.05) is 0 Å². The smallest absolute Gasteiger partial charge is 0.111 e. The van der Waals surface area contributed by atoms with Crippen molar-refractivity contribution in [3.05, 3.63) is 0 Å². The van der Waals surface area contributed by atoms with E-state index in [1.54, 1.807) is 0 Å². The molecule has 1 unspecified atom stereocenters. The van der Waals surface area contributed by atoms with Crippen LogP contribution in [0.15, 0.2) is 0 Å². The molecular weight excluding hydrogens is 246 g/mol. The van der Waals surface area contributed by atoms with Crippen LogP contribution in [0.4, 0.5) is 0 Å². The topological polar surface area (TPSA) is 20.2 Å². The number of aliphatic hydroxyl groups excluding tert-OH is 1. The van der Waals surface area contributed by atoms with Crippen LogP contribution in [0.2, 0.25) is 0 Å². The summed E-state index contributed by atoms with van der Waals surface area (Å²) in [5.41, 5.74) is 0.378. The van der Waals surface area contributed by atoms with Gasteiger partial charge in [-0.3, -0.25) is 0 Å². The van der Waals surface area contributed by atoms with E-state index >= 15 is 0 Å². The predicted molar refractivity (Wildman–Crippen MR) is 89.9 cm³/mol. The summed E-state index contributed by atoms with van der Waals surface area (Å²) in [7, 11) is 0. The second kappa shape index (κ2) is 6.36. The Morgan fingerprint density at radius 2 is 1.00 bits per heavy atom. The van der Waals surface area contributed by atoms with Crippen LogP contribution in [-0.4, -0.2) is 38.9 Å². The van der Waals surface area contributed by atoms with E-state index in [-0.39, 0.29) is 29.3 Å². The number of quaternary nitrogens is 1. The van der Waals surface area contributed by atoms with Crippen LogP contribution in [0.25, 0.3) is 0 Å². The van der Waals surface area contributed by atoms with Crippen LogP contribution in [0.1, 0.15) is 88.5 Å². The SMILES string of the molecule is CCC(C)(C)[N+](C(C)CO)(C(C)(C)CC)C(C)(C)CC. The van der Waals surface area contributed by atoms with Gasteiger partial charge in [0.2, 0.25) is 0 Å². The third-order valence-corrected chi connectivity index (χ3v) is 6.39. The predicted octanol–water partition coefficient (Wildman–Crippen LogP) is 4.75. The highest BCUT2D eigenvalue weighted by atomic mass is 16.3. The van der Waals surface area contributed by atoms with E-state index in [4.69, 9.17) is 0 Å². The van der Waals surface area contributed by atoms with Crippen molar-refractivity contribution in [1.29, 1.82) is 0 Å². The molecule has 0 aliphatic heterocycles. The summed E-state index contributed by atoms with van der Waals surface area (Å²) in [4.78, 5) is 0. The molecule has 0 radical (unpaired) electrons. The quantitative estimate of drug-likeness (QED) is 0.638. The van der Waals surface area contributed by atoms with Crippen LogP contribution in [0.3, 0.4) is 0 Å². The van der Waals surface area contributed by atoms with Gasteiger partial charge in [0.25, 0.3) is 0 Å². The lowest BCUT2D eigenvalue weighted by atomic mass is 9.74. The van der Waals surface area contributed by atoms with Crippen molar-refractivity contribution in [3.63, 3.8) is 0 Å². The zero-order chi connectivity index (χ0) is 16.4. The van der Waals surface area contributed by atoms with Gasteiger partial charge in [-0.25, -0.2) is 0 Å². The van der Waals surface area contributed by atoms with Crippen LogP contribution in [0, 0.1) is 0 Å². The van der Waals surface area contributed by atoms with E-state index in [2.05, 4.69) is 69.2 Å². The van der Waals surface area contributed by atoms with Crippen LogP contribution in [-0.2, 0) is 0 Å². The molecule has 0 aromatic rings. The summed E-state index contributed by atoms with van der Waals surface area (Å²) < 4.78 is 0.965. The van der Waals surface area contributed by atoms with Crippen LogP contribution in [0.5, 0.6) is 0 Å². The van der Waals surface area contributed by atoms with Gasteiger partial charge in [0.15, 0.2) is 0 Å². The molecule has 0 bridgehead atoms. The molecule has 0 saturated carbocycles. The van der Waals surface area contributed by atoms with E-state index < -0.39 is 0 Å². The van der Waals surface area contributed by atoms with Crippen LogP contribution >= 0.6 is 0 Å². The molecule has 0 aliphatic rings. The average Bonchev–Trinajstić information content (AvgIpc) is 2.38. The van der Waals surface area contributed by atoms with Gasteiger partial charge in [-0.1, -0.05) is 20.8 Å². The minimum atomic E-state index is 0.126. The van der Waals surface area contributed by atoms with E-state index in [1.165, 1.54) is 0 Å². The lowest BCUT2D eigenvalue weighted by molar-refractivity contribution is -1.07. The Morgan fingerprint density at radius 1 is 0.750 bits per heavy atom. The monoisotopic (exact) mass is 286 g/mol. The molecule has 2 heteroatoms. The first-order valence-corrected chi connectivity index (χ1v) is 8.41. The Kier molecular flexibility index (Phi) is 6.33. The third-order valence-electron chi connectivity index (χ3n) is 6.39. The fourth-order valence-electron chi connectivity index (χ4n) is 5.12. The molecule has 20 heavy (non-hydrogen) atoms. The Labute approximate surface area is 128 Å². The number of hydrogen-bond acceptors (Lipinski definition) is 1. The van der Waals surface area contributed by atoms with E-state index in [0.29, 0.717) is 0 Å². The minimum Gasteiger partial charge on any atom is -0.390 e. The lowest BCUT2D eigenvalue weighted by Gasteiger charge is -2.68. The van der Waals surface area contributed by atoms with Gasteiger partial charge in [-0.2, -0.15) is 0 Å². The Bertz CT molecular complexity index is 264. The molecule has 1 N–H and O–H groups in total. The number of rotatable bonds is 8. The van der Waals surface area contributed by atoms with E-state index in [9.17, 15) is 5.11 Å². The molecule has 0 aromatic heterocycles. The lowest BCUT2D eigenvalue weighted by Crippen LogP contribution is -2.82. The number of hydrogen-bond donors (Lipinski definition) is 1. The van der Waals surface area contributed by atoms with Gasteiger partial charge < -0.3 is 9.59 Å². The fraction of sp³-hybridized carbons (Fsp3) is 1.00. The maximum absolute atomic E-state index is 10.0. The van der Waals surface area contributed by atoms with Gasteiger partial charge in [-0.15, -0.1) is 0 Å². The zero-order valence-corrected chi connectivity index (χ0v) is 15.8. The fourth-order valence-corrected chi connectivity index (χ4v) is 5.12. The first-order valence-electron chi connectivity index (χ1n) is 8.41. The summed E-state index contributed by atoms with van der Waals surface area (Å²) in [5.74, 6) is 0. The molecule has 0 rings (SSSR count). The molecule has 0 aromatic carbocycles. The van der Waals surface area contributed by atoms with Gasteiger partial charge in [0.1, 0.15) is 6.04 Å². The van der Waals surface area contributed by atoms with Crippen molar-refractivity contribution < 1.29 is 9.59 Å². The molecule has 0 heterocycles. The van der Waals surface area contributed by atoms with Crippen molar-refractivity contribution >= 4 is 0 Å². The zero-order valence-electron chi connectivity index (χ0n) is 15.8. The maximum atomic E-state index is 10.0. The van der Waals surface area contributed by atoms with Crippen LogP contribution < -0.4 is 0 Å². The summed E-state index contributed by atoms with van der Waals surface area (Å²) in [6.07, 6.45) is 3.35. The second-order valence-corrected chi connectivity index (χ2v) is 8.25. The summed E-state index contributed by atoms with van der Waals surface area (Å²) >= 11 is 0. The van der Waals surface area contributed by atoms with Gasteiger partial charge in [-0.05, 0) is 67.7 Å². The minimum absolute atomic E-state index is 0.126. The Hall–Kier alpha value is -0.0800. The first-order chi connectivity index (χ1) is 8.91. The molecule has 122 valence electrons. The average molecular weight is 287 g/mol. The van der Waals surface area contributed by atoms with E-state index in [0.717, 1.165) is 23.7 Å². The highest BCUT2D eigenvalue weighted by Gasteiger charge is 2.62. The Balaban J connectivity index is 6.52. The molecule has 0 amide bonds. The number of aliphatic hydroxyl groups is 1. The molecule has 0 spiro atoms. The largest absolute Gasteiger partial charge is 0.390 e. The van der Waals surface area contributed by atoms with Crippen molar-refractivity contribution in [2.45, 2.75) is 111 Å². The molecule has 1 atom stereocenters. The standard InChI is InChI=1S/C18H40NO/c1-11-16(5,6)19(15(4)14-20,17(7,8)12-2)18(9,10)13-3/h15,20H,11-14H2,1-10H3/q+1. The van der Waals surface area contributed by atoms with Gasteiger partial charge in [0.05, 0.1) is 23.2 Å². The van der Waals surface area contributed by atoms with Crippen molar-refractivity contribution in [2.75, 3.05) is 6.61 Å². The normalized spacial score (nSPS) is 16.4. The molecule has 0 fully saturated rings. The second-order valence-electron chi connectivity index (χ2n) is 8.25. The molecule has 0 saturated heterocycles. The summed E-state index contributed by atoms with van der Waals surface area (Å²) in [6, 6.07) is 0.231. The highest BCUT2D eigenvalue weighted by molar-refractivity contribution is 4.89. The van der Waals surface area contributed by atoms with Crippen molar-refractivity contribution in [3.8, 4) is 0 Å².